The van der Waals surface area contributed by atoms with E-state index in [0.29, 0.717) is 0 Å². The molecule has 0 amide bonds. The molecule has 0 aliphatic rings. The Morgan fingerprint density at radius 2 is 0.667 bits per heavy atom. The van der Waals surface area contributed by atoms with Crippen molar-refractivity contribution < 1.29 is 0 Å². The summed E-state index contributed by atoms with van der Waals surface area (Å²) in [6.45, 7) is 1.84. The van der Waals surface area contributed by atoms with Crippen LogP contribution in [0.1, 0.15) is 25.7 Å². The molecular formula is C34H32N2. The van der Waals surface area contributed by atoms with Crippen LogP contribution in [0.4, 0.5) is 22.7 Å². The molecule has 2 nitrogen and oxygen atoms in total. The molecule has 2 heteroatoms. The van der Waals surface area contributed by atoms with E-state index in [1.807, 2.05) is 0 Å². The first-order valence-corrected chi connectivity index (χ1v) is 12.6. The Labute approximate surface area is 216 Å². The van der Waals surface area contributed by atoms with Crippen molar-refractivity contribution in [3.8, 4) is 23.7 Å². The van der Waals surface area contributed by atoms with Gasteiger partial charge in [-0.05, 0) is 73.2 Å². The van der Waals surface area contributed by atoms with Gasteiger partial charge in [0.15, 0.2) is 0 Å². The topological polar surface area (TPSA) is 6.48 Å². The second-order valence-corrected chi connectivity index (χ2v) is 8.46. The molecule has 4 aromatic rings. The Hall–Kier alpha value is -4.40. The van der Waals surface area contributed by atoms with Crippen molar-refractivity contribution in [2.24, 2.45) is 0 Å². The van der Waals surface area contributed by atoms with Crippen molar-refractivity contribution in [1.82, 2.24) is 0 Å². The first kappa shape index (κ1) is 24.7. The molecule has 0 radical (unpaired) electrons. The van der Waals surface area contributed by atoms with Crippen LogP contribution >= 0.6 is 0 Å². The summed E-state index contributed by atoms with van der Waals surface area (Å²) >= 11 is 0. The second-order valence-electron chi connectivity index (χ2n) is 8.46. The average molecular weight is 469 g/mol. The minimum atomic E-state index is 0.834. The Kier molecular flexibility index (Phi) is 9.68. The molecule has 0 spiro atoms. The van der Waals surface area contributed by atoms with Crippen molar-refractivity contribution in [2.45, 2.75) is 25.7 Å². The lowest BCUT2D eigenvalue weighted by molar-refractivity contribution is 0.836. The van der Waals surface area contributed by atoms with Gasteiger partial charge in [-0.15, -0.1) is 0 Å². The molecule has 0 aliphatic carbocycles. The Morgan fingerprint density at radius 1 is 0.389 bits per heavy atom. The van der Waals surface area contributed by atoms with Crippen molar-refractivity contribution in [1.29, 1.82) is 0 Å². The minimum Gasteiger partial charge on any atom is -0.341 e. The lowest BCUT2D eigenvalue weighted by Crippen LogP contribution is -2.18. The minimum absolute atomic E-state index is 0.834. The summed E-state index contributed by atoms with van der Waals surface area (Å²) in [7, 11) is 0. The van der Waals surface area contributed by atoms with E-state index in [2.05, 4.69) is 155 Å². The number of hydrogen-bond donors (Lipinski definition) is 0. The quantitative estimate of drug-likeness (QED) is 0.171. The van der Waals surface area contributed by atoms with E-state index in [-0.39, 0.29) is 0 Å². The molecule has 4 aromatic carbocycles. The summed E-state index contributed by atoms with van der Waals surface area (Å²) in [6, 6.07) is 42.1. The van der Waals surface area contributed by atoms with Gasteiger partial charge in [0.2, 0.25) is 0 Å². The second kappa shape index (κ2) is 14.1. The van der Waals surface area contributed by atoms with Gasteiger partial charge in [-0.1, -0.05) is 84.6 Å². The van der Waals surface area contributed by atoms with E-state index in [0.717, 1.165) is 38.8 Å². The van der Waals surface area contributed by atoms with Crippen LogP contribution in [0.15, 0.2) is 121 Å². The summed E-state index contributed by atoms with van der Waals surface area (Å²) in [5.41, 5.74) is 4.82. The smallest absolute Gasteiger partial charge is 0.0410 e. The van der Waals surface area contributed by atoms with Gasteiger partial charge in [-0.25, -0.2) is 0 Å². The van der Waals surface area contributed by atoms with Crippen LogP contribution in [0.2, 0.25) is 0 Å². The Morgan fingerprint density at radius 3 is 0.944 bits per heavy atom. The number of nitrogens with zero attached hydrogens (tertiary/aromatic N) is 2. The molecule has 178 valence electrons. The predicted octanol–water partition coefficient (Wildman–Crippen LogP) is 8.23. The lowest BCUT2D eigenvalue weighted by Gasteiger charge is -2.24. The summed E-state index contributed by atoms with van der Waals surface area (Å²) in [6.07, 6.45) is 3.64. The SMILES string of the molecule is C(C#CCCCN(c1ccccc1)c1ccccc1)#CCCCN(c1ccccc1)c1ccccc1. The molecular weight excluding hydrogens is 436 g/mol. The first-order chi connectivity index (χ1) is 17.9. The van der Waals surface area contributed by atoms with Crippen LogP contribution in [0.3, 0.4) is 0 Å². The van der Waals surface area contributed by atoms with E-state index in [1.54, 1.807) is 0 Å². The zero-order valence-electron chi connectivity index (χ0n) is 20.7. The fourth-order valence-electron chi connectivity index (χ4n) is 4.11. The average Bonchev–Trinajstić information content (AvgIpc) is 2.96. The van der Waals surface area contributed by atoms with Gasteiger partial charge in [0.25, 0.3) is 0 Å². The maximum Gasteiger partial charge on any atom is 0.0410 e. The zero-order chi connectivity index (χ0) is 24.7. The van der Waals surface area contributed by atoms with E-state index >= 15 is 0 Å². The number of anilines is 4. The number of unbranched alkanes of at least 4 members (excludes halogenated alkanes) is 2. The molecule has 0 saturated carbocycles. The number of hydrogen-bond acceptors (Lipinski definition) is 2. The number of para-hydroxylation sites is 4. The number of rotatable bonds is 10. The zero-order valence-corrected chi connectivity index (χ0v) is 20.7. The monoisotopic (exact) mass is 468 g/mol. The summed E-state index contributed by atoms with van der Waals surface area (Å²) in [4.78, 5) is 4.69. The Balaban J connectivity index is 1.24. The van der Waals surface area contributed by atoms with Crippen molar-refractivity contribution in [3.05, 3.63) is 121 Å². The molecule has 0 aromatic heterocycles. The predicted molar refractivity (Wildman–Crippen MR) is 154 cm³/mol. The van der Waals surface area contributed by atoms with Crippen LogP contribution in [0.25, 0.3) is 0 Å². The highest BCUT2D eigenvalue weighted by atomic mass is 15.1. The van der Waals surface area contributed by atoms with Crippen LogP contribution in [-0.4, -0.2) is 13.1 Å². The molecule has 0 unspecified atom stereocenters. The molecule has 0 saturated heterocycles. The summed E-state index contributed by atoms with van der Waals surface area (Å²) in [5.74, 6) is 12.6. The molecule has 0 N–H and O–H groups in total. The lowest BCUT2D eigenvalue weighted by atomic mass is 10.2. The molecule has 0 atom stereocenters. The van der Waals surface area contributed by atoms with Gasteiger partial charge in [0.05, 0.1) is 0 Å². The Bertz CT molecular complexity index is 1090. The van der Waals surface area contributed by atoms with Crippen molar-refractivity contribution in [2.75, 3.05) is 22.9 Å². The van der Waals surface area contributed by atoms with E-state index in [4.69, 9.17) is 0 Å². The molecule has 0 bridgehead atoms. The maximum absolute atomic E-state index is 3.23. The fraction of sp³-hybridized carbons (Fsp3) is 0.176. The fourth-order valence-corrected chi connectivity index (χ4v) is 4.11. The van der Waals surface area contributed by atoms with Gasteiger partial charge in [-0.2, -0.15) is 0 Å². The van der Waals surface area contributed by atoms with Crippen LogP contribution in [-0.2, 0) is 0 Å². The first-order valence-electron chi connectivity index (χ1n) is 12.6. The summed E-state index contributed by atoms with van der Waals surface area (Å²) < 4.78 is 0. The van der Waals surface area contributed by atoms with Gasteiger partial charge in [-0.3, -0.25) is 0 Å². The molecule has 0 aliphatic heterocycles. The van der Waals surface area contributed by atoms with Gasteiger partial charge >= 0.3 is 0 Å². The van der Waals surface area contributed by atoms with E-state index in [1.165, 1.54) is 22.7 Å². The third kappa shape index (κ3) is 7.56. The van der Waals surface area contributed by atoms with Crippen LogP contribution in [0, 0.1) is 23.7 Å². The molecule has 0 heterocycles. The molecule has 4 rings (SSSR count). The van der Waals surface area contributed by atoms with Gasteiger partial charge < -0.3 is 9.80 Å². The molecule has 0 fully saturated rings. The van der Waals surface area contributed by atoms with Crippen molar-refractivity contribution in [3.63, 3.8) is 0 Å². The maximum atomic E-state index is 3.23. The summed E-state index contributed by atoms with van der Waals surface area (Å²) in [5, 5.41) is 0. The van der Waals surface area contributed by atoms with E-state index in [9.17, 15) is 0 Å². The third-order valence-electron chi connectivity index (χ3n) is 5.88. The highest BCUT2D eigenvalue weighted by molar-refractivity contribution is 5.63. The normalized spacial score (nSPS) is 9.89. The van der Waals surface area contributed by atoms with Crippen molar-refractivity contribution >= 4 is 22.7 Å². The largest absolute Gasteiger partial charge is 0.341 e. The van der Waals surface area contributed by atoms with E-state index < -0.39 is 0 Å². The third-order valence-corrected chi connectivity index (χ3v) is 5.88. The standard InChI is InChI=1S/C34H32N2/c1(3-5-19-29-35(31-21-11-7-12-22-31)32-23-13-8-14-24-32)2-4-6-20-30-36(33-25-15-9-16-26-33)34-27-17-10-18-28-34/h7-18,21-28H,5-6,19-20,29-30H2. The van der Waals surface area contributed by atoms with Crippen LogP contribution < -0.4 is 9.80 Å². The molecule has 36 heavy (non-hydrogen) atoms. The van der Waals surface area contributed by atoms with Gasteiger partial charge in [0.1, 0.15) is 0 Å². The highest BCUT2D eigenvalue weighted by Crippen LogP contribution is 2.26. The number of benzene rings is 4. The highest BCUT2D eigenvalue weighted by Gasteiger charge is 2.08. The van der Waals surface area contributed by atoms with Crippen LogP contribution in [0.5, 0.6) is 0 Å². The van der Waals surface area contributed by atoms with Gasteiger partial charge in [0, 0.05) is 48.7 Å².